The zero-order chi connectivity index (χ0) is 22.3. The highest BCUT2D eigenvalue weighted by molar-refractivity contribution is 5.93. The molecule has 1 aliphatic heterocycles. The molecule has 0 radical (unpaired) electrons. The molecule has 32 heavy (non-hydrogen) atoms. The molecule has 0 atom stereocenters. The van der Waals surface area contributed by atoms with Gasteiger partial charge >= 0.3 is 5.97 Å². The lowest BCUT2D eigenvalue weighted by atomic mass is 10.1. The van der Waals surface area contributed by atoms with Gasteiger partial charge in [-0.2, -0.15) is 0 Å². The summed E-state index contributed by atoms with van der Waals surface area (Å²) in [5.41, 5.74) is 2.44. The van der Waals surface area contributed by atoms with Crippen LogP contribution in [-0.2, 0) is 13.2 Å². The van der Waals surface area contributed by atoms with Gasteiger partial charge in [0.2, 0.25) is 0 Å². The van der Waals surface area contributed by atoms with Gasteiger partial charge in [0.25, 0.3) is 0 Å². The van der Waals surface area contributed by atoms with Gasteiger partial charge in [-0.15, -0.1) is 0 Å². The maximum Gasteiger partial charge on any atom is 0.339 e. The maximum absolute atomic E-state index is 11.5. The minimum absolute atomic E-state index is 0.251. The summed E-state index contributed by atoms with van der Waals surface area (Å²) in [6, 6.07) is 19.3. The molecule has 1 aliphatic rings. The predicted octanol–water partition coefficient (Wildman–Crippen LogP) is 3.69. The number of carbonyl (C=O) groups is 1. The third-order valence-electron chi connectivity index (χ3n) is 5.58. The van der Waals surface area contributed by atoms with E-state index in [1.807, 2.05) is 41.3 Å². The lowest BCUT2D eigenvalue weighted by Gasteiger charge is -2.35. The van der Waals surface area contributed by atoms with Gasteiger partial charge in [0.05, 0.1) is 7.11 Å². The summed E-state index contributed by atoms with van der Waals surface area (Å²) in [7, 11) is 1.66. The zero-order valence-electron chi connectivity index (χ0n) is 18.1. The standard InChI is InChI=1S/C25H27N3O4/c1-31-23-10-3-2-7-20(23)18-32-21-8-4-6-19(16-21)17-27-12-14-28(15-13-27)24-22(25(29)30)9-5-11-26-24/h2-11,16H,12-15,17-18H2,1H3,(H,29,30). The number of carboxylic acid groups (broad SMARTS) is 1. The van der Waals surface area contributed by atoms with Crippen LogP contribution in [0.1, 0.15) is 21.5 Å². The molecule has 1 saturated heterocycles. The molecule has 166 valence electrons. The van der Waals surface area contributed by atoms with Gasteiger partial charge < -0.3 is 19.5 Å². The number of hydrogen-bond acceptors (Lipinski definition) is 6. The van der Waals surface area contributed by atoms with E-state index in [1.165, 1.54) is 5.56 Å². The normalized spacial score (nSPS) is 14.2. The van der Waals surface area contributed by atoms with E-state index >= 15 is 0 Å². The van der Waals surface area contributed by atoms with E-state index in [-0.39, 0.29) is 5.56 Å². The van der Waals surface area contributed by atoms with Crippen molar-refractivity contribution in [2.24, 2.45) is 0 Å². The highest BCUT2D eigenvalue weighted by Gasteiger charge is 2.22. The Hall–Kier alpha value is -3.58. The number of methoxy groups -OCH3 is 1. The van der Waals surface area contributed by atoms with E-state index in [9.17, 15) is 9.90 Å². The first-order chi connectivity index (χ1) is 15.6. The molecule has 2 aromatic carbocycles. The van der Waals surface area contributed by atoms with Gasteiger partial charge in [-0.1, -0.05) is 30.3 Å². The summed E-state index contributed by atoms with van der Waals surface area (Å²) in [5.74, 6) is 1.25. The predicted molar refractivity (Wildman–Crippen MR) is 122 cm³/mol. The number of carboxylic acids is 1. The molecule has 0 spiro atoms. The van der Waals surface area contributed by atoms with Gasteiger partial charge in [0, 0.05) is 44.5 Å². The van der Waals surface area contributed by atoms with Crippen LogP contribution in [0.25, 0.3) is 0 Å². The first kappa shape index (κ1) is 21.6. The first-order valence-electron chi connectivity index (χ1n) is 10.6. The third kappa shape index (κ3) is 5.18. The molecule has 0 bridgehead atoms. The topological polar surface area (TPSA) is 75.1 Å². The minimum atomic E-state index is -0.944. The van der Waals surface area contributed by atoms with E-state index in [0.717, 1.165) is 49.8 Å². The van der Waals surface area contributed by atoms with Crippen molar-refractivity contribution in [2.45, 2.75) is 13.2 Å². The van der Waals surface area contributed by atoms with Gasteiger partial charge in [0.15, 0.2) is 0 Å². The monoisotopic (exact) mass is 433 g/mol. The SMILES string of the molecule is COc1ccccc1COc1cccc(CN2CCN(c3ncccc3C(=O)O)CC2)c1. The van der Waals surface area contributed by atoms with Crippen LogP contribution in [0.4, 0.5) is 5.82 Å². The fourth-order valence-electron chi connectivity index (χ4n) is 3.91. The lowest BCUT2D eigenvalue weighted by molar-refractivity contribution is 0.0697. The summed E-state index contributed by atoms with van der Waals surface area (Å²) < 4.78 is 11.4. The van der Waals surface area contributed by atoms with Crippen LogP contribution in [0.3, 0.4) is 0 Å². The third-order valence-corrected chi connectivity index (χ3v) is 5.58. The number of aromatic nitrogens is 1. The molecule has 3 aromatic rings. The number of pyridine rings is 1. The van der Waals surface area contributed by atoms with Crippen LogP contribution >= 0.6 is 0 Å². The van der Waals surface area contributed by atoms with Crippen LogP contribution in [-0.4, -0.2) is 54.2 Å². The molecule has 2 heterocycles. The van der Waals surface area contributed by atoms with Gasteiger partial charge in [0.1, 0.15) is 29.5 Å². The highest BCUT2D eigenvalue weighted by atomic mass is 16.5. The molecule has 0 saturated carbocycles. The number of aromatic carboxylic acids is 1. The number of piperazine rings is 1. The Morgan fingerprint density at radius 3 is 2.62 bits per heavy atom. The summed E-state index contributed by atoms with van der Waals surface area (Å²) in [6.07, 6.45) is 1.64. The quantitative estimate of drug-likeness (QED) is 0.581. The number of benzene rings is 2. The second kappa shape index (κ2) is 10.2. The maximum atomic E-state index is 11.5. The Kier molecular flexibility index (Phi) is 6.87. The second-order valence-corrected chi connectivity index (χ2v) is 7.69. The van der Waals surface area contributed by atoms with Gasteiger partial charge in [-0.3, -0.25) is 4.90 Å². The molecule has 0 unspecified atom stereocenters. The van der Waals surface area contributed by atoms with Crippen molar-refractivity contribution in [2.75, 3.05) is 38.2 Å². The molecular formula is C25H27N3O4. The van der Waals surface area contributed by atoms with E-state index < -0.39 is 5.97 Å². The average molecular weight is 434 g/mol. The van der Waals surface area contributed by atoms with E-state index in [0.29, 0.717) is 12.4 Å². The number of anilines is 1. The molecule has 0 aliphatic carbocycles. The van der Waals surface area contributed by atoms with Crippen LogP contribution in [0.15, 0.2) is 66.9 Å². The van der Waals surface area contributed by atoms with Gasteiger partial charge in [-0.05, 0) is 35.9 Å². The number of rotatable bonds is 8. The summed E-state index contributed by atoms with van der Waals surface area (Å²) >= 11 is 0. The van der Waals surface area contributed by atoms with Gasteiger partial charge in [-0.25, -0.2) is 9.78 Å². The number of para-hydroxylation sites is 1. The van der Waals surface area contributed by atoms with Crippen LogP contribution < -0.4 is 14.4 Å². The Morgan fingerprint density at radius 1 is 1.03 bits per heavy atom. The minimum Gasteiger partial charge on any atom is -0.496 e. The van der Waals surface area contributed by atoms with Crippen molar-refractivity contribution in [1.82, 2.24) is 9.88 Å². The molecule has 7 heteroatoms. The Bertz CT molecular complexity index is 1060. The number of ether oxygens (including phenoxy) is 2. The van der Waals surface area contributed by atoms with E-state index in [4.69, 9.17) is 9.47 Å². The van der Waals surface area contributed by atoms with Crippen LogP contribution in [0.2, 0.25) is 0 Å². The van der Waals surface area contributed by atoms with Crippen molar-refractivity contribution < 1.29 is 19.4 Å². The van der Waals surface area contributed by atoms with E-state index in [1.54, 1.807) is 25.4 Å². The van der Waals surface area contributed by atoms with Crippen molar-refractivity contribution in [1.29, 1.82) is 0 Å². The molecule has 1 N–H and O–H groups in total. The first-order valence-corrected chi connectivity index (χ1v) is 10.6. The molecule has 7 nitrogen and oxygen atoms in total. The Balaban J connectivity index is 1.33. The smallest absolute Gasteiger partial charge is 0.339 e. The summed E-state index contributed by atoms with van der Waals surface area (Å²) in [6.45, 7) is 4.41. The number of nitrogens with zero attached hydrogens (tertiary/aromatic N) is 3. The average Bonchev–Trinajstić information content (AvgIpc) is 2.83. The fourth-order valence-corrected chi connectivity index (χ4v) is 3.91. The number of hydrogen-bond donors (Lipinski definition) is 1. The van der Waals surface area contributed by atoms with Crippen molar-refractivity contribution >= 4 is 11.8 Å². The summed E-state index contributed by atoms with van der Waals surface area (Å²) in [5, 5.41) is 9.42. The molecular weight excluding hydrogens is 406 g/mol. The lowest BCUT2D eigenvalue weighted by Crippen LogP contribution is -2.46. The van der Waals surface area contributed by atoms with Crippen molar-refractivity contribution in [3.63, 3.8) is 0 Å². The Labute approximate surface area is 187 Å². The molecule has 1 fully saturated rings. The zero-order valence-corrected chi connectivity index (χ0v) is 18.1. The van der Waals surface area contributed by atoms with Crippen molar-refractivity contribution in [3.05, 3.63) is 83.6 Å². The molecule has 4 rings (SSSR count). The molecule has 0 amide bonds. The second-order valence-electron chi connectivity index (χ2n) is 7.69. The van der Waals surface area contributed by atoms with Crippen LogP contribution in [0, 0.1) is 0 Å². The Morgan fingerprint density at radius 2 is 1.84 bits per heavy atom. The summed E-state index contributed by atoms with van der Waals surface area (Å²) in [4.78, 5) is 20.2. The van der Waals surface area contributed by atoms with Crippen molar-refractivity contribution in [3.8, 4) is 11.5 Å². The highest BCUT2D eigenvalue weighted by Crippen LogP contribution is 2.23. The largest absolute Gasteiger partial charge is 0.496 e. The molecule has 1 aromatic heterocycles. The fraction of sp³-hybridized carbons (Fsp3) is 0.280. The van der Waals surface area contributed by atoms with Crippen LogP contribution in [0.5, 0.6) is 11.5 Å². The van der Waals surface area contributed by atoms with E-state index in [2.05, 4.69) is 22.0 Å².